The van der Waals surface area contributed by atoms with Gasteiger partial charge in [0.2, 0.25) is 0 Å². The van der Waals surface area contributed by atoms with Crippen molar-refractivity contribution >= 4 is 28.2 Å². The van der Waals surface area contributed by atoms with Gasteiger partial charge in [0.1, 0.15) is 5.82 Å². The van der Waals surface area contributed by atoms with Crippen molar-refractivity contribution in [3.05, 3.63) is 88.8 Å². The molecule has 2 heteroatoms. The molecule has 2 aromatic carbocycles. The van der Waals surface area contributed by atoms with Crippen LogP contribution in [0, 0.1) is 12.7 Å². The van der Waals surface area contributed by atoms with Gasteiger partial charge in [-0.2, -0.15) is 0 Å². The first kappa shape index (κ1) is 16.4. The fraction of sp³-hybridized carbons (Fsp3) is 0.238. The summed E-state index contributed by atoms with van der Waals surface area (Å²) < 4.78 is 13.4. The highest BCUT2D eigenvalue weighted by Crippen LogP contribution is 2.44. The third-order valence-corrected chi connectivity index (χ3v) is 5.68. The van der Waals surface area contributed by atoms with E-state index in [0.717, 1.165) is 18.4 Å². The van der Waals surface area contributed by atoms with Gasteiger partial charge in [0.05, 0.1) is 0 Å². The molecule has 0 aromatic heterocycles. The molecule has 3 rings (SSSR count). The maximum absolute atomic E-state index is 13.4. The molecule has 1 aliphatic carbocycles. The number of hydrogen-bond donors (Lipinski definition) is 0. The summed E-state index contributed by atoms with van der Waals surface area (Å²) >= 11 is 2.53. The fourth-order valence-electron chi connectivity index (χ4n) is 3.33. The molecule has 0 bridgehead atoms. The van der Waals surface area contributed by atoms with Gasteiger partial charge in [-0.05, 0) is 66.7 Å². The van der Waals surface area contributed by atoms with Gasteiger partial charge >= 0.3 is 0 Å². The second-order valence-electron chi connectivity index (χ2n) is 6.36. The van der Waals surface area contributed by atoms with Crippen LogP contribution in [-0.2, 0) is 6.42 Å². The molecule has 2 aromatic rings. The molecule has 118 valence electrons. The lowest BCUT2D eigenvalue weighted by molar-refractivity contribution is 0.627. The number of rotatable bonds is 2. The van der Waals surface area contributed by atoms with Crippen molar-refractivity contribution in [3.8, 4) is 0 Å². The first-order chi connectivity index (χ1) is 10.9. The molecule has 0 aliphatic heterocycles. The summed E-state index contributed by atoms with van der Waals surface area (Å²) in [5.74, 6) is -0.204. The Morgan fingerprint density at radius 2 is 1.87 bits per heavy atom. The van der Waals surface area contributed by atoms with E-state index in [9.17, 15) is 4.39 Å². The van der Waals surface area contributed by atoms with Gasteiger partial charge < -0.3 is 0 Å². The van der Waals surface area contributed by atoms with Crippen LogP contribution in [0.2, 0.25) is 0 Å². The molecule has 23 heavy (non-hydrogen) atoms. The fourth-order valence-corrected chi connectivity index (χ4v) is 4.09. The van der Waals surface area contributed by atoms with Crippen molar-refractivity contribution in [2.45, 2.75) is 30.1 Å². The van der Waals surface area contributed by atoms with Crippen molar-refractivity contribution in [3.63, 3.8) is 0 Å². The Kier molecular flexibility index (Phi) is 4.45. The minimum absolute atomic E-state index is 0.0101. The van der Waals surface area contributed by atoms with Crippen molar-refractivity contribution in [1.29, 1.82) is 0 Å². The highest BCUT2D eigenvalue weighted by molar-refractivity contribution is 14.1. The van der Waals surface area contributed by atoms with Crippen LogP contribution < -0.4 is 0 Å². The van der Waals surface area contributed by atoms with Crippen LogP contribution >= 0.6 is 22.6 Å². The Bertz CT molecular complexity index is 782. The number of fused-ring (bicyclic) bond motifs is 1. The van der Waals surface area contributed by atoms with E-state index in [-0.39, 0.29) is 9.24 Å². The largest absolute Gasteiger partial charge is 0.207 e. The summed E-state index contributed by atoms with van der Waals surface area (Å²) in [5.41, 5.74) is 7.36. The Morgan fingerprint density at radius 3 is 2.52 bits per heavy atom. The van der Waals surface area contributed by atoms with Crippen molar-refractivity contribution < 1.29 is 4.39 Å². The van der Waals surface area contributed by atoms with Crippen molar-refractivity contribution in [2.24, 2.45) is 0 Å². The molecule has 0 N–H and O–H groups in total. The van der Waals surface area contributed by atoms with E-state index in [0.29, 0.717) is 0 Å². The molecule has 0 saturated heterocycles. The van der Waals surface area contributed by atoms with Gasteiger partial charge in [-0.15, -0.1) is 0 Å². The van der Waals surface area contributed by atoms with Crippen molar-refractivity contribution in [2.75, 3.05) is 0 Å². The second-order valence-corrected chi connectivity index (χ2v) is 8.74. The van der Waals surface area contributed by atoms with Crippen LogP contribution in [0.1, 0.15) is 35.6 Å². The average Bonchev–Trinajstić information content (AvgIpc) is 2.62. The van der Waals surface area contributed by atoms with E-state index in [4.69, 9.17) is 0 Å². The summed E-state index contributed by atoms with van der Waals surface area (Å²) in [6, 6.07) is 13.4. The van der Waals surface area contributed by atoms with Gasteiger partial charge in [-0.1, -0.05) is 71.1 Å². The van der Waals surface area contributed by atoms with Crippen LogP contribution in [0.4, 0.5) is 4.39 Å². The number of alkyl halides is 1. The summed E-state index contributed by atoms with van der Waals surface area (Å²) in [5, 5.41) is 0. The van der Waals surface area contributed by atoms with Gasteiger partial charge in [0, 0.05) is 3.42 Å². The van der Waals surface area contributed by atoms with E-state index in [1.807, 2.05) is 18.2 Å². The molecular formula is C21H20FI. The zero-order valence-electron chi connectivity index (χ0n) is 13.5. The molecule has 0 spiro atoms. The monoisotopic (exact) mass is 418 g/mol. The van der Waals surface area contributed by atoms with Crippen molar-refractivity contribution in [1.82, 2.24) is 0 Å². The molecule has 1 unspecified atom stereocenters. The van der Waals surface area contributed by atoms with E-state index >= 15 is 0 Å². The summed E-state index contributed by atoms with van der Waals surface area (Å²) in [6.45, 7) is 8.45. The van der Waals surface area contributed by atoms with E-state index < -0.39 is 0 Å². The minimum Gasteiger partial charge on any atom is -0.207 e. The van der Waals surface area contributed by atoms with Gasteiger partial charge in [0.15, 0.2) is 0 Å². The standard InChI is InChI=1S/C21H20FI/c1-4-19-20(15-6-8-17(22)9-7-15)18-10-5-14(2)13-16(18)11-12-21(19,3)23/h4-10,13H,1,11-12H2,2-3H3. The predicted molar refractivity (Wildman–Crippen MR) is 105 cm³/mol. The first-order valence-electron chi connectivity index (χ1n) is 7.84. The van der Waals surface area contributed by atoms with Crippen LogP contribution in [0.3, 0.4) is 0 Å². The molecule has 0 radical (unpaired) electrons. The smallest absolute Gasteiger partial charge is 0.123 e. The third-order valence-electron chi connectivity index (χ3n) is 4.56. The SMILES string of the molecule is C=CC1=C(c2ccc(F)cc2)c2ccc(C)cc2CCC1(C)I. The number of allylic oxidation sites excluding steroid dienone is 2. The molecule has 0 fully saturated rings. The lowest BCUT2D eigenvalue weighted by Gasteiger charge is -2.25. The molecule has 0 nitrogen and oxygen atoms in total. The van der Waals surface area contributed by atoms with E-state index in [1.165, 1.54) is 40.0 Å². The molecule has 0 amide bonds. The van der Waals surface area contributed by atoms with E-state index in [1.54, 1.807) is 0 Å². The zero-order valence-corrected chi connectivity index (χ0v) is 15.7. The van der Waals surface area contributed by atoms with Gasteiger partial charge in [-0.25, -0.2) is 4.39 Å². The van der Waals surface area contributed by atoms with Gasteiger partial charge in [0.25, 0.3) is 0 Å². The average molecular weight is 418 g/mol. The number of benzene rings is 2. The van der Waals surface area contributed by atoms with Crippen LogP contribution in [0.5, 0.6) is 0 Å². The normalized spacial score (nSPS) is 20.9. The Balaban J connectivity index is 2.33. The topological polar surface area (TPSA) is 0 Å². The minimum atomic E-state index is -0.204. The summed E-state index contributed by atoms with van der Waals surface area (Å²) in [4.78, 5) is 0. The Hall–Kier alpha value is -1.42. The number of halogens is 2. The highest BCUT2D eigenvalue weighted by atomic mass is 127. The molecule has 0 saturated carbocycles. The zero-order chi connectivity index (χ0) is 16.6. The number of aryl methyl sites for hydroxylation is 2. The molecule has 1 aliphatic rings. The molecule has 1 atom stereocenters. The molecule has 0 heterocycles. The van der Waals surface area contributed by atoms with Gasteiger partial charge in [-0.3, -0.25) is 0 Å². The quantitative estimate of drug-likeness (QED) is 0.399. The van der Waals surface area contributed by atoms with E-state index in [2.05, 4.69) is 61.2 Å². The highest BCUT2D eigenvalue weighted by Gasteiger charge is 2.31. The second kappa shape index (κ2) is 6.23. The lowest BCUT2D eigenvalue weighted by atomic mass is 9.87. The third kappa shape index (κ3) is 3.14. The summed E-state index contributed by atoms with van der Waals surface area (Å²) in [7, 11) is 0. The van der Waals surface area contributed by atoms with Crippen LogP contribution in [0.25, 0.3) is 5.57 Å². The predicted octanol–water partition coefficient (Wildman–Crippen LogP) is 6.26. The molecular weight excluding hydrogens is 398 g/mol. The lowest BCUT2D eigenvalue weighted by Crippen LogP contribution is -2.18. The Labute approximate surface area is 151 Å². The maximum atomic E-state index is 13.4. The first-order valence-corrected chi connectivity index (χ1v) is 8.92. The Morgan fingerprint density at radius 1 is 1.17 bits per heavy atom. The number of hydrogen-bond acceptors (Lipinski definition) is 0. The maximum Gasteiger partial charge on any atom is 0.123 e. The van der Waals surface area contributed by atoms with Crippen LogP contribution in [0.15, 0.2) is 60.7 Å². The van der Waals surface area contributed by atoms with Crippen LogP contribution in [-0.4, -0.2) is 3.42 Å². The summed E-state index contributed by atoms with van der Waals surface area (Å²) in [6.07, 6.45) is 4.08.